The highest BCUT2D eigenvalue weighted by molar-refractivity contribution is 5.99. The summed E-state index contributed by atoms with van der Waals surface area (Å²) in [4.78, 5) is 56.5. The fourth-order valence-electron chi connectivity index (χ4n) is 5.53. The molecule has 0 aliphatic heterocycles. The van der Waals surface area contributed by atoms with Gasteiger partial charge in [0.05, 0.1) is 24.1 Å². The number of benzene rings is 3. The summed E-state index contributed by atoms with van der Waals surface area (Å²) >= 11 is 0. The molecular formula is C39H48N6O6. The standard InChI is InChI=1S/C39H48N6O6/c1-26(19-20-27-13-7-5-8-14-27)45(44-38(50)51-39(2,3)4)25-34(46)32(23-28-15-9-6-10-16-28)42-37(49)33(24-35(40)47)43-36(48)31-22-21-29-17-11-12-18-30(29)41-31/h5-18,21-22,26,32-34,46H,19-20,23-25H2,1-4H3,(H2,40,47)(H,42,49)(H,43,48)(H,44,50)/t26?,32-,33-,34?/m0/s1. The number of pyridine rings is 1. The lowest BCUT2D eigenvalue weighted by atomic mass is 9.99. The van der Waals surface area contributed by atoms with Gasteiger partial charge in [-0.2, -0.15) is 0 Å². The zero-order valence-electron chi connectivity index (χ0n) is 29.5. The zero-order valence-corrected chi connectivity index (χ0v) is 29.5. The van der Waals surface area contributed by atoms with E-state index in [4.69, 9.17) is 10.5 Å². The van der Waals surface area contributed by atoms with Gasteiger partial charge in [0, 0.05) is 18.0 Å². The summed E-state index contributed by atoms with van der Waals surface area (Å²) in [6, 6.07) is 27.2. The van der Waals surface area contributed by atoms with Gasteiger partial charge >= 0.3 is 6.09 Å². The molecule has 1 heterocycles. The Kier molecular flexibility index (Phi) is 13.6. The number of carbonyl (C=O) groups is 4. The SMILES string of the molecule is CC(CCc1ccccc1)N(CC(O)[C@H](Cc1ccccc1)NC(=O)[C@H](CC(N)=O)NC(=O)c1ccc2ccccc2n1)NC(=O)OC(C)(C)C. The van der Waals surface area contributed by atoms with Crippen LogP contribution >= 0.6 is 0 Å². The molecule has 4 atom stereocenters. The van der Waals surface area contributed by atoms with Crippen LogP contribution in [0.3, 0.4) is 0 Å². The molecule has 0 radical (unpaired) electrons. The second-order valence-corrected chi connectivity index (χ2v) is 13.6. The molecule has 0 fully saturated rings. The first kappa shape index (κ1) is 38.5. The minimum absolute atomic E-state index is 0.0604. The molecule has 4 amide bonds. The largest absolute Gasteiger partial charge is 0.443 e. The molecular weight excluding hydrogens is 648 g/mol. The Balaban J connectivity index is 1.55. The van der Waals surface area contributed by atoms with E-state index in [1.54, 1.807) is 44.0 Å². The number of nitrogens with one attached hydrogen (secondary N) is 3. The van der Waals surface area contributed by atoms with Crippen molar-refractivity contribution in [3.05, 3.63) is 114 Å². The number of ether oxygens (including phenoxy) is 1. The fourth-order valence-corrected chi connectivity index (χ4v) is 5.53. The third-order valence-corrected chi connectivity index (χ3v) is 8.19. The number of primary amides is 1. The second-order valence-electron chi connectivity index (χ2n) is 13.6. The summed E-state index contributed by atoms with van der Waals surface area (Å²) in [5.74, 6) is -2.18. The maximum atomic E-state index is 13.8. The number of hydrogen-bond donors (Lipinski definition) is 5. The average Bonchev–Trinajstić information content (AvgIpc) is 3.09. The summed E-state index contributed by atoms with van der Waals surface area (Å²) in [7, 11) is 0. The normalized spacial score (nSPS) is 13.8. The molecule has 3 aromatic carbocycles. The molecule has 1 aromatic heterocycles. The smallest absolute Gasteiger partial charge is 0.422 e. The number of para-hydroxylation sites is 1. The average molecular weight is 697 g/mol. The maximum Gasteiger partial charge on any atom is 0.422 e. The van der Waals surface area contributed by atoms with Crippen LogP contribution in [0.25, 0.3) is 10.9 Å². The van der Waals surface area contributed by atoms with E-state index in [0.717, 1.165) is 22.9 Å². The topological polar surface area (TPSA) is 176 Å². The van der Waals surface area contributed by atoms with Crippen LogP contribution in [0, 0.1) is 0 Å². The van der Waals surface area contributed by atoms with Crippen molar-refractivity contribution < 1.29 is 29.0 Å². The van der Waals surface area contributed by atoms with Crippen LogP contribution in [0.1, 0.15) is 62.2 Å². The Morgan fingerprint density at radius 3 is 2.14 bits per heavy atom. The van der Waals surface area contributed by atoms with Crippen molar-refractivity contribution in [3.63, 3.8) is 0 Å². The molecule has 0 bridgehead atoms. The van der Waals surface area contributed by atoms with E-state index < -0.39 is 54.0 Å². The van der Waals surface area contributed by atoms with Crippen molar-refractivity contribution in [3.8, 4) is 0 Å². The maximum absolute atomic E-state index is 13.8. The number of amides is 4. The van der Waals surface area contributed by atoms with Gasteiger partial charge in [-0.1, -0.05) is 84.9 Å². The summed E-state index contributed by atoms with van der Waals surface area (Å²) in [6.07, 6.45) is -0.836. The minimum Gasteiger partial charge on any atom is -0.443 e. The van der Waals surface area contributed by atoms with E-state index in [0.29, 0.717) is 11.9 Å². The van der Waals surface area contributed by atoms with Crippen molar-refractivity contribution in [1.29, 1.82) is 0 Å². The predicted octanol–water partition coefficient (Wildman–Crippen LogP) is 4.06. The van der Waals surface area contributed by atoms with Crippen LogP contribution in [0.5, 0.6) is 0 Å². The van der Waals surface area contributed by atoms with Crippen LogP contribution in [0.4, 0.5) is 4.79 Å². The number of aromatic nitrogens is 1. The second kappa shape index (κ2) is 18.1. The van der Waals surface area contributed by atoms with Crippen molar-refractivity contribution in [2.24, 2.45) is 5.73 Å². The van der Waals surface area contributed by atoms with E-state index in [2.05, 4.69) is 21.0 Å². The van der Waals surface area contributed by atoms with E-state index in [9.17, 15) is 24.3 Å². The first-order chi connectivity index (χ1) is 24.3. The number of rotatable bonds is 16. The van der Waals surface area contributed by atoms with Gasteiger partial charge < -0.3 is 26.2 Å². The molecule has 270 valence electrons. The van der Waals surface area contributed by atoms with Gasteiger partial charge in [0.25, 0.3) is 5.91 Å². The predicted molar refractivity (Wildman–Crippen MR) is 195 cm³/mol. The molecule has 0 spiro atoms. The van der Waals surface area contributed by atoms with Gasteiger partial charge in [-0.3, -0.25) is 19.8 Å². The molecule has 12 heteroatoms. The molecule has 4 aromatic rings. The number of fused-ring (bicyclic) bond motifs is 1. The van der Waals surface area contributed by atoms with Crippen LogP contribution in [-0.2, 0) is 27.2 Å². The van der Waals surface area contributed by atoms with Gasteiger partial charge in [0.15, 0.2) is 0 Å². The Bertz CT molecular complexity index is 1760. The van der Waals surface area contributed by atoms with Crippen LogP contribution in [0.2, 0.25) is 0 Å². The molecule has 51 heavy (non-hydrogen) atoms. The monoisotopic (exact) mass is 696 g/mol. The number of aliphatic hydroxyl groups excluding tert-OH is 1. The lowest BCUT2D eigenvalue weighted by Crippen LogP contribution is -2.58. The van der Waals surface area contributed by atoms with Gasteiger partial charge in [0.2, 0.25) is 11.8 Å². The molecule has 0 aliphatic rings. The van der Waals surface area contributed by atoms with Crippen molar-refractivity contribution in [2.45, 2.75) is 83.2 Å². The van der Waals surface area contributed by atoms with Crippen LogP contribution in [0.15, 0.2) is 97.1 Å². The highest BCUT2D eigenvalue weighted by Crippen LogP contribution is 2.15. The summed E-state index contributed by atoms with van der Waals surface area (Å²) in [5, 5.41) is 19.6. The van der Waals surface area contributed by atoms with Gasteiger partial charge in [-0.05, 0) is 70.2 Å². The number of aryl methyl sites for hydroxylation is 1. The summed E-state index contributed by atoms with van der Waals surface area (Å²) in [5.41, 5.74) is 10.1. The molecule has 12 nitrogen and oxygen atoms in total. The number of nitrogens with zero attached hydrogens (tertiary/aromatic N) is 2. The summed E-state index contributed by atoms with van der Waals surface area (Å²) < 4.78 is 5.52. The van der Waals surface area contributed by atoms with Crippen LogP contribution in [-0.4, -0.2) is 75.3 Å². The van der Waals surface area contributed by atoms with Gasteiger partial charge in [0.1, 0.15) is 17.3 Å². The Morgan fingerprint density at radius 2 is 1.49 bits per heavy atom. The molecule has 6 N–H and O–H groups in total. The molecule has 0 aliphatic carbocycles. The lowest BCUT2D eigenvalue weighted by Gasteiger charge is -2.35. The van der Waals surface area contributed by atoms with E-state index in [1.165, 1.54) is 6.07 Å². The Morgan fingerprint density at radius 1 is 0.863 bits per heavy atom. The first-order valence-electron chi connectivity index (χ1n) is 17.0. The summed E-state index contributed by atoms with van der Waals surface area (Å²) in [6.45, 7) is 7.12. The van der Waals surface area contributed by atoms with E-state index in [-0.39, 0.29) is 24.7 Å². The van der Waals surface area contributed by atoms with Crippen LogP contribution < -0.4 is 21.8 Å². The first-order valence-corrected chi connectivity index (χ1v) is 17.0. The minimum atomic E-state index is -1.35. The van der Waals surface area contributed by atoms with Gasteiger partial charge in [-0.15, -0.1) is 0 Å². The molecule has 0 saturated carbocycles. The van der Waals surface area contributed by atoms with Crippen molar-refractivity contribution >= 4 is 34.7 Å². The molecule has 4 rings (SSSR count). The number of hydrogen-bond acceptors (Lipinski definition) is 8. The molecule has 2 unspecified atom stereocenters. The highest BCUT2D eigenvalue weighted by atomic mass is 16.6. The number of nitrogens with two attached hydrogens (primary N) is 1. The zero-order chi connectivity index (χ0) is 37.0. The lowest BCUT2D eigenvalue weighted by molar-refractivity contribution is -0.128. The van der Waals surface area contributed by atoms with E-state index >= 15 is 0 Å². The number of hydrazine groups is 1. The third kappa shape index (κ3) is 12.5. The Labute approximate surface area is 298 Å². The van der Waals surface area contributed by atoms with E-state index in [1.807, 2.05) is 79.7 Å². The van der Waals surface area contributed by atoms with Crippen molar-refractivity contribution in [1.82, 2.24) is 26.1 Å². The molecule has 0 saturated heterocycles. The fraction of sp³-hybridized carbons (Fsp3) is 0.359. The van der Waals surface area contributed by atoms with Gasteiger partial charge in [-0.25, -0.2) is 14.8 Å². The highest BCUT2D eigenvalue weighted by Gasteiger charge is 2.31. The quantitative estimate of drug-likeness (QED) is 0.109. The Hall–Kier alpha value is -5.33. The third-order valence-electron chi connectivity index (χ3n) is 8.19. The number of carbonyl (C=O) groups excluding carboxylic acids is 4. The number of aliphatic hydroxyl groups is 1. The van der Waals surface area contributed by atoms with Crippen molar-refractivity contribution in [2.75, 3.05) is 6.54 Å².